The summed E-state index contributed by atoms with van der Waals surface area (Å²) in [5, 5.41) is 7.59. The van der Waals surface area contributed by atoms with Gasteiger partial charge in [0.15, 0.2) is 0 Å². The molecule has 68 valence electrons. The van der Waals surface area contributed by atoms with Gasteiger partial charge in [0.1, 0.15) is 0 Å². The molecular weight excluding hydrogens is 167 g/mol. The van der Waals surface area contributed by atoms with Crippen molar-refractivity contribution in [2.75, 3.05) is 0 Å². The second-order valence-corrected chi connectivity index (χ2v) is 1.41. The maximum atomic E-state index is 10.7. The maximum Gasteiger partial charge on any atom is 0.330 e. The summed E-state index contributed by atoms with van der Waals surface area (Å²) in [6.07, 6.45) is 1.49. The predicted octanol–water partition coefficient (Wildman–Crippen LogP) is 1.25. The number of aliphatic carboxylic acids is 1. The molecule has 12 heavy (non-hydrogen) atoms. The average molecular weight is 176 g/mol. The van der Waals surface area contributed by atoms with Gasteiger partial charge < -0.3 is 9.84 Å². The molecule has 0 unspecified atom stereocenters. The van der Waals surface area contributed by atoms with Crippen LogP contribution in [-0.4, -0.2) is 17.0 Å². The summed E-state index contributed by atoms with van der Waals surface area (Å²) in [7, 11) is 0. The van der Waals surface area contributed by atoms with Crippen molar-refractivity contribution in [2.45, 2.75) is 6.92 Å². The Bertz CT molecular complexity index is 186. The first-order valence-electron chi connectivity index (χ1n) is 2.82. The van der Waals surface area contributed by atoms with Crippen molar-refractivity contribution in [2.24, 2.45) is 0 Å². The van der Waals surface area contributed by atoms with Crippen molar-refractivity contribution in [3.05, 3.63) is 25.2 Å². The molecule has 0 saturated carbocycles. The number of ether oxygens (including phenoxy) is 1. The number of hydrogen-bond acceptors (Lipinski definition) is 3. The molecule has 0 atom stereocenters. The van der Waals surface area contributed by atoms with Crippen LogP contribution in [0.4, 0.5) is 4.39 Å². The topological polar surface area (TPSA) is 63.6 Å². The van der Waals surface area contributed by atoms with E-state index in [9.17, 15) is 14.0 Å². The molecule has 0 fully saturated rings. The van der Waals surface area contributed by atoms with Crippen LogP contribution in [0.3, 0.4) is 0 Å². The molecule has 0 heterocycles. The Morgan fingerprint density at radius 3 is 2.08 bits per heavy atom. The Labute approximate surface area is 69.0 Å². The van der Waals surface area contributed by atoms with Crippen molar-refractivity contribution in [3.8, 4) is 0 Å². The summed E-state index contributed by atoms with van der Waals surface area (Å²) in [4.78, 5) is 19.0. The summed E-state index contributed by atoms with van der Waals surface area (Å²) >= 11 is 0. The van der Waals surface area contributed by atoms with Gasteiger partial charge in [-0.1, -0.05) is 6.58 Å². The first kappa shape index (κ1) is 13.0. The largest absolute Gasteiger partial charge is 0.478 e. The van der Waals surface area contributed by atoms with Gasteiger partial charge in [0.05, 0.1) is 18.7 Å². The minimum atomic E-state index is -1.27. The Morgan fingerprint density at radius 2 is 2.08 bits per heavy atom. The Morgan fingerprint density at radius 1 is 1.58 bits per heavy atom. The van der Waals surface area contributed by atoms with Gasteiger partial charge in [-0.05, 0) is 0 Å². The van der Waals surface area contributed by atoms with Gasteiger partial charge in [0, 0.05) is 6.92 Å². The quantitative estimate of drug-likeness (QED) is 0.390. The van der Waals surface area contributed by atoms with Crippen molar-refractivity contribution in [1.29, 1.82) is 0 Å². The third kappa shape index (κ3) is 23.8. The van der Waals surface area contributed by atoms with Crippen molar-refractivity contribution >= 4 is 11.9 Å². The molecule has 0 aliphatic heterocycles. The third-order valence-electron chi connectivity index (χ3n) is 0.455. The fourth-order valence-electron chi connectivity index (χ4n) is 0.171. The normalized spacial score (nSPS) is 8.17. The summed E-state index contributed by atoms with van der Waals surface area (Å²) < 4.78 is 14.8. The Balaban J connectivity index is 0. The van der Waals surface area contributed by atoms with Gasteiger partial charge in [-0.3, -0.25) is 4.79 Å². The molecule has 0 aliphatic rings. The van der Waals surface area contributed by atoms with E-state index in [4.69, 9.17) is 5.11 Å². The van der Waals surface area contributed by atoms with Crippen LogP contribution in [-0.2, 0) is 14.3 Å². The maximum absolute atomic E-state index is 10.7. The molecule has 0 amide bonds. The van der Waals surface area contributed by atoms with E-state index in [1.165, 1.54) is 6.92 Å². The lowest BCUT2D eigenvalue weighted by molar-refractivity contribution is -0.135. The fraction of sp³-hybridized carbons (Fsp3) is 0.143. The number of carboxylic acids is 1. The van der Waals surface area contributed by atoms with Crippen LogP contribution in [0.5, 0.6) is 0 Å². The second kappa shape index (κ2) is 9.35. The number of carbonyl (C=O) groups excluding carboxylic acids is 1. The standard InChI is InChI=1S/C4H6O2.C3H3FO2/c1-3-6-4(2)5;4-2-1-3(5)6/h3H,1H2,2H3;1-2H,(H,5,6). The van der Waals surface area contributed by atoms with Gasteiger partial charge in [0.25, 0.3) is 0 Å². The van der Waals surface area contributed by atoms with E-state index in [0.717, 1.165) is 6.26 Å². The van der Waals surface area contributed by atoms with Gasteiger partial charge in [-0.15, -0.1) is 0 Å². The molecular formula is C7H9FO4. The zero-order valence-electron chi connectivity index (χ0n) is 6.49. The van der Waals surface area contributed by atoms with E-state index in [0.29, 0.717) is 6.08 Å². The van der Waals surface area contributed by atoms with E-state index in [1.807, 2.05) is 0 Å². The zero-order chi connectivity index (χ0) is 9.98. The molecule has 0 radical (unpaired) electrons. The average Bonchev–Trinajstić information content (AvgIpc) is 1.87. The number of carboxylic acid groups (broad SMARTS) is 1. The molecule has 0 aliphatic carbocycles. The lowest BCUT2D eigenvalue weighted by atomic mass is 10.7. The lowest BCUT2D eigenvalue weighted by Crippen LogP contribution is -1.87. The van der Waals surface area contributed by atoms with E-state index in [-0.39, 0.29) is 12.3 Å². The van der Waals surface area contributed by atoms with Crippen LogP contribution in [0, 0.1) is 0 Å². The molecule has 0 aromatic carbocycles. The summed E-state index contributed by atoms with van der Waals surface area (Å²) in [5.74, 6) is -1.59. The van der Waals surface area contributed by atoms with Crippen molar-refractivity contribution in [3.63, 3.8) is 0 Å². The third-order valence-corrected chi connectivity index (χ3v) is 0.455. The van der Waals surface area contributed by atoms with Crippen LogP contribution in [0.2, 0.25) is 0 Å². The van der Waals surface area contributed by atoms with E-state index in [1.54, 1.807) is 0 Å². The van der Waals surface area contributed by atoms with Crippen LogP contribution in [0.25, 0.3) is 0 Å². The zero-order valence-corrected chi connectivity index (χ0v) is 6.49. The number of rotatable bonds is 2. The van der Waals surface area contributed by atoms with Crippen LogP contribution in [0.1, 0.15) is 6.92 Å². The number of hydrogen-bond donors (Lipinski definition) is 1. The molecule has 0 aromatic heterocycles. The predicted molar refractivity (Wildman–Crippen MR) is 39.8 cm³/mol. The van der Waals surface area contributed by atoms with Gasteiger partial charge >= 0.3 is 11.9 Å². The summed E-state index contributed by atoms with van der Waals surface area (Å²) in [5.41, 5.74) is 0. The smallest absolute Gasteiger partial charge is 0.330 e. The highest BCUT2D eigenvalue weighted by Crippen LogP contribution is 1.70. The monoisotopic (exact) mass is 176 g/mol. The highest BCUT2D eigenvalue weighted by atomic mass is 19.1. The van der Waals surface area contributed by atoms with Gasteiger partial charge in [-0.2, -0.15) is 0 Å². The van der Waals surface area contributed by atoms with Gasteiger partial charge in [0.2, 0.25) is 0 Å². The summed E-state index contributed by atoms with van der Waals surface area (Å²) in [6.45, 7) is 4.48. The first-order valence-corrected chi connectivity index (χ1v) is 2.82. The molecule has 4 nitrogen and oxygen atoms in total. The molecule has 1 N–H and O–H groups in total. The lowest BCUT2D eigenvalue weighted by Gasteiger charge is -1.83. The van der Waals surface area contributed by atoms with E-state index in [2.05, 4.69) is 11.3 Å². The molecule has 0 spiro atoms. The molecule has 0 rings (SSSR count). The number of carbonyl (C=O) groups is 2. The molecule has 5 heteroatoms. The molecule has 0 saturated heterocycles. The van der Waals surface area contributed by atoms with E-state index < -0.39 is 5.97 Å². The Kier molecular flexibility index (Phi) is 10.1. The van der Waals surface area contributed by atoms with Crippen molar-refractivity contribution in [1.82, 2.24) is 0 Å². The highest BCUT2D eigenvalue weighted by Gasteiger charge is 1.79. The van der Waals surface area contributed by atoms with E-state index >= 15 is 0 Å². The van der Waals surface area contributed by atoms with Crippen LogP contribution >= 0.6 is 0 Å². The fourth-order valence-corrected chi connectivity index (χ4v) is 0.171. The minimum absolute atomic E-state index is 0.0255. The van der Waals surface area contributed by atoms with Crippen molar-refractivity contribution < 1.29 is 23.8 Å². The van der Waals surface area contributed by atoms with Crippen LogP contribution < -0.4 is 0 Å². The molecule has 0 aromatic rings. The molecule has 0 bridgehead atoms. The summed E-state index contributed by atoms with van der Waals surface area (Å²) in [6, 6.07) is 0. The van der Waals surface area contributed by atoms with Gasteiger partial charge in [-0.25, -0.2) is 9.18 Å². The minimum Gasteiger partial charge on any atom is -0.478 e. The number of esters is 1. The highest BCUT2D eigenvalue weighted by molar-refractivity contribution is 5.79. The second-order valence-electron chi connectivity index (χ2n) is 1.41. The SMILES string of the molecule is C=COC(C)=O.O=C(O)C=CF. The number of halogens is 1. The van der Waals surface area contributed by atoms with Crippen LogP contribution in [0.15, 0.2) is 25.2 Å². The first-order chi connectivity index (χ1) is 5.54. The Hall–Kier alpha value is -1.65.